The number of aliphatic hydroxyl groups excluding tert-OH is 3. The van der Waals surface area contributed by atoms with Crippen LogP contribution in [-0.4, -0.2) is 34.1 Å². The Kier molecular flexibility index (Phi) is 5.49. The van der Waals surface area contributed by atoms with Gasteiger partial charge in [0, 0.05) is 5.02 Å². The molecular weight excluding hydrogens is 228 g/mol. The summed E-state index contributed by atoms with van der Waals surface area (Å²) >= 11 is 5.74. The van der Waals surface area contributed by atoms with E-state index < -0.39 is 18.8 Å². The Morgan fingerprint density at radius 1 is 1.19 bits per heavy atom. The molecule has 0 heterocycles. The fourth-order valence-electron chi connectivity index (χ4n) is 1.20. The van der Waals surface area contributed by atoms with Gasteiger partial charge >= 0.3 is 0 Å². The molecule has 0 saturated heterocycles. The largest absolute Gasteiger partial charge is 0.394 e. The zero-order valence-corrected chi connectivity index (χ0v) is 9.51. The lowest BCUT2D eigenvalue weighted by atomic mass is 10.1. The Hall–Kier alpha value is -0.870. The van der Waals surface area contributed by atoms with Crippen LogP contribution >= 0.6 is 11.6 Å². The molecule has 0 saturated carbocycles. The van der Waals surface area contributed by atoms with Crippen molar-refractivity contribution in [2.24, 2.45) is 0 Å². The van der Waals surface area contributed by atoms with Gasteiger partial charge in [0.05, 0.1) is 6.61 Å². The van der Waals surface area contributed by atoms with E-state index in [1.807, 2.05) is 12.1 Å². The molecule has 0 bridgehead atoms. The molecule has 0 aliphatic carbocycles. The van der Waals surface area contributed by atoms with Crippen LogP contribution in [0.5, 0.6) is 0 Å². The quantitative estimate of drug-likeness (QED) is 0.679. The van der Waals surface area contributed by atoms with Crippen LogP contribution < -0.4 is 0 Å². The van der Waals surface area contributed by atoms with Gasteiger partial charge in [-0.1, -0.05) is 35.9 Å². The second-order valence-electron chi connectivity index (χ2n) is 3.50. The molecule has 0 fully saturated rings. The standard InChI is InChI=1S/C12H15ClO3/c13-10-6-4-9(5-7-10)2-1-3-11(15)12(16)8-14/h1,3-7,11-12,14-16H,2,8H2/b3-1+/t11-,12+/m0/s1. The van der Waals surface area contributed by atoms with Gasteiger partial charge in [-0.2, -0.15) is 0 Å². The zero-order valence-electron chi connectivity index (χ0n) is 8.75. The summed E-state index contributed by atoms with van der Waals surface area (Å²) < 4.78 is 0. The van der Waals surface area contributed by atoms with E-state index in [4.69, 9.17) is 21.8 Å². The number of hydrogen-bond donors (Lipinski definition) is 3. The summed E-state index contributed by atoms with van der Waals surface area (Å²) in [6.45, 7) is -0.452. The van der Waals surface area contributed by atoms with E-state index in [1.54, 1.807) is 18.2 Å². The lowest BCUT2D eigenvalue weighted by Gasteiger charge is -2.10. The lowest BCUT2D eigenvalue weighted by molar-refractivity contribution is 0.00939. The molecular formula is C12H15ClO3. The van der Waals surface area contributed by atoms with Crippen molar-refractivity contribution in [2.45, 2.75) is 18.6 Å². The summed E-state index contributed by atoms with van der Waals surface area (Å²) in [6, 6.07) is 7.37. The predicted octanol–water partition coefficient (Wildman–Crippen LogP) is 1.15. The molecule has 1 aromatic carbocycles. The van der Waals surface area contributed by atoms with Crippen molar-refractivity contribution in [1.29, 1.82) is 0 Å². The van der Waals surface area contributed by atoms with Crippen molar-refractivity contribution in [3.05, 3.63) is 47.0 Å². The Labute approximate surface area is 99.6 Å². The SMILES string of the molecule is OC[C@@H](O)[C@@H](O)/C=C/Cc1ccc(Cl)cc1. The van der Waals surface area contributed by atoms with Crippen LogP contribution in [0.1, 0.15) is 5.56 Å². The average Bonchev–Trinajstić information content (AvgIpc) is 2.30. The first kappa shape index (κ1) is 13.2. The van der Waals surface area contributed by atoms with Crippen LogP contribution in [-0.2, 0) is 6.42 Å². The highest BCUT2D eigenvalue weighted by Crippen LogP contribution is 2.10. The van der Waals surface area contributed by atoms with Gasteiger partial charge < -0.3 is 15.3 Å². The van der Waals surface area contributed by atoms with Crippen LogP contribution in [0.3, 0.4) is 0 Å². The number of rotatable bonds is 5. The van der Waals surface area contributed by atoms with Gasteiger partial charge in [0.2, 0.25) is 0 Å². The maximum Gasteiger partial charge on any atom is 0.106 e. The summed E-state index contributed by atoms with van der Waals surface area (Å²) in [4.78, 5) is 0. The topological polar surface area (TPSA) is 60.7 Å². The first-order valence-electron chi connectivity index (χ1n) is 5.01. The fraction of sp³-hybridized carbons (Fsp3) is 0.333. The number of benzene rings is 1. The molecule has 16 heavy (non-hydrogen) atoms. The molecule has 0 amide bonds. The van der Waals surface area contributed by atoms with E-state index in [9.17, 15) is 5.11 Å². The van der Waals surface area contributed by atoms with Crippen molar-refractivity contribution in [3.8, 4) is 0 Å². The molecule has 4 heteroatoms. The Morgan fingerprint density at radius 2 is 1.81 bits per heavy atom. The third-order valence-corrected chi connectivity index (χ3v) is 2.43. The smallest absolute Gasteiger partial charge is 0.106 e. The van der Waals surface area contributed by atoms with Gasteiger partial charge in [0.15, 0.2) is 0 Å². The first-order valence-corrected chi connectivity index (χ1v) is 5.39. The predicted molar refractivity (Wildman–Crippen MR) is 63.4 cm³/mol. The highest BCUT2D eigenvalue weighted by Gasteiger charge is 2.10. The molecule has 1 aromatic rings. The maximum absolute atomic E-state index is 9.32. The van der Waals surface area contributed by atoms with Gasteiger partial charge in [-0.15, -0.1) is 0 Å². The zero-order chi connectivity index (χ0) is 12.0. The second-order valence-corrected chi connectivity index (χ2v) is 3.94. The Balaban J connectivity index is 2.45. The van der Waals surface area contributed by atoms with E-state index in [2.05, 4.69) is 0 Å². The maximum atomic E-state index is 9.32. The van der Waals surface area contributed by atoms with E-state index in [-0.39, 0.29) is 0 Å². The van der Waals surface area contributed by atoms with Gasteiger partial charge in [0.1, 0.15) is 12.2 Å². The van der Waals surface area contributed by atoms with Crippen molar-refractivity contribution >= 4 is 11.6 Å². The Morgan fingerprint density at radius 3 is 2.38 bits per heavy atom. The number of aliphatic hydroxyl groups is 3. The van der Waals surface area contributed by atoms with Gasteiger partial charge in [-0.05, 0) is 24.1 Å². The normalized spacial score (nSPS) is 15.2. The van der Waals surface area contributed by atoms with Gasteiger partial charge in [0.25, 0.3) is 0 Å². The van der Waals surface area contributed by atoms with E-state index in [0.29, 0.717) is 11.4 Å². The third kappa shape index (κ3) is 4.33. The summed E-state index contributed by atoms with van der Waals surface area (Å²) in [7, 11) is 0. The molecule has 88 valence electrons. The average molecular weight is 243 g/mol. The summed E-state index contributed by atoms with van der Waals surface area (Å²) in [5.74, 6) is 0. The minimum absolute atomic E-state index is 0.452. The lowest BCUT2D eigenvalue weighted by Crippen LogP contribution is -2.27. The second kappa shape index (κ2) is 6.66. The molecule has 0 aliphatic heterocycles. The molecule has 0 spiro atoms. The molecule has 0 aromatic heterocycles. The van der Waals surface area contributed by atoms with Crippen molar-refractivity contribution in [2.75, 3.05) is 6.61 Å². The van der Waals surface area contributed by atoms with Gasteiger partial charge in [-0.25, -0.2) is 0 Å². The van der Waals surface area contributed by atoms with Crippen LogP contribution in [0.15, 0.2) is 36.4 Å². The van der Waals surface area contributed by atoms with E-state index in [0.717, 1.165) is 5.56 Å². The van der Waals surface area contributed by atoms with Crippen molar-refractivity contribution < 1.29 is 15.3 Å². The number of allylic oxidation sites excluding steroid dienone is 1. The fourth-order valence-corrected chi connectivity index (χ4v) is 1.33. The van der Waals surface area contributed by atoms with Crippen LogP contribution in [0.4, 0.5) is 0 Å². The monoisotopic (exact) mass is 242 g/mol. The minimum atomic E-state index is -1.12. The van der Waals surface area contributed by atoms with Crippen molar-refractivity contribution in [1.82, 2.24) is 0 Å². The van der Waals surface area contributed by atoms with Crippen LogP contribution in [0, 0.1) is 0 Å². The van der Waals surface area contributed by atoms with Crippen molar-refractivity contribution in [3.63, 3.8) is 0 Å². The number of hydrogen-bond acceptors (Lipinski definition) is 3. The van der Waals surface area contributed by atoms with Gasteiger partial charge in [-0.3, -0.25) is 0 Å². The first-order chi connectivity index (χ1) is 7.63. The highest BCUT2D eigenvalue weighted by molar-refractivity contribution is 6.30. The summed E-state index contributed by atoms with van der Waals surface area (Å²) in [6.07, 6.45) is 1.70. The molecule has 0 unspecified atom stereocenters. The third-order valence-electron chi connectivity index (χ3n) is 2.18. The molecule has 3 N–H and O–H groups in total. The minimum Gasteiger partial charge on any atom is -0.394 e. The van der Waals surface area contributed by atoms with E-state index >= 15 is 0 Å². The summed E-state index contributed by atoms with van der Waals surface area (Å²) in [5, 5.41) is 27.7. The number of halogens is 1. The summed E-state index contributed by atoms with van der Waals surface area (Å²) in [5.41, 5.74) is 1.06. The van der Waals surface area contributed by atoms with Crippen LogP contribution in [0.2, 0.25) is 5.02 Å². The molecule has 2 atom stereocenters. The molecule has 0 aliphatic rings. The molecule has 1 rings (SSSR count). The molecule has 0 radical (unpaired) electrons. The Bertz CT molecular complexity index is 335. The molecule has 3 nitrogen and oxygen atoms in total. The van der Waals surface area contributed by atoms with E-state index in [1.165, 1.54) is 6.08 Å². The van der Waals surface area contributed by atoms with Crippen LogP contribution in [0.25, 0.3) is 0 Å². The highest BCUT2D eigenvalue weighted by atomic mass is 35.5.